The van der Waals surface area contributed by atoms with E-state index in [1.165, 1.54) is 0 Å². The minimum Gasteiger partial charge on any atom is -0.497 e. The van der Waals surface area contributed by atoms with Crippen LogP contribution in [0.2, 0.25) is 0 Å². The van der Waals surface area contributed by atoms with Gasteiger partial charge in [0.2, 0.25) is 10.0 Å². The molecule has 2 aromatic carbocycles. The first-order chi connectivity index (χ1) is 18.5. The van der Waals surface area contributed by atoms with Gasteiger partial charge >= 0.3 is 0 Å². The van der Waals surface area contributed by atoms with Crippen LogP contribution < -0.4 is 10.1 Å². The van der Waals surface area contributed by atoms with E-state index in [0.29, 0.717) is 53.2 Å². The number of H-pyrrole nitrogens is 1. The number of rotatable bonds is 8. The number of nitrogens with one attached hydrogen (secondary N) is 2. The van der Waals surface area contributed by atoms with Gasteiger partial charge in [-0.15, -0.1) is 0 Å². The molecule has 0 bridgehead atoms. The Kier molecular flexibility index (Phi) is 7.21. The van der Waals surface area contributed by atoms with Crippen molar-refractivity contribution in [3.05, 3.63) is 70.5 Å². The fourth-order valence-electron chi connectivity index (χ4n) is 5.20. The first-order valence-corrected chi connectivity index (χ1v) is 14.1. The third kappa shape index (κ3) is 5.15. The van der Waals surface area contributed by atoms with Crippen LogP contribution in [0.5, 0.6) is 5.75 Å². The molecule has 0 amide bonds. The Labute approximate surface area is 225 Å². The average molecular weight is 561 g/mol. The molecule has 9 nitrogen and oxygen atoms in total. The summed E-state index contributed by atoms with van der Waals surface area (Å²) in [6, 6.07) is 7.56. The van der Waals surface area contributed by atoms with Crippen LogP contribution in [-0.2, 0) is 33.3 Å². The number of methoxy groups -OCH3 is 1. The molecule has 39 heavy (non-hydrogen) atoms. The maximum atomic E-state index is 13.8. The van der Waals surface area contributed by atoms with Crippen LogP contribution in [0.3, 0.4) is 0 Å². The maximum Gasteiger partial charge on any atom is 0.244 e. The molecule has 3 aromatic rings. The lowest BCUT2D eigenvalue weighted by molar-refractivity contribution is 0.0904. The molecular weight excluding hydrogens is 530 g/mol. The fourth-order valence-corrected chi connectivity index (χ4v) is 6.97. The van der Waals surface area contributed by atoms with Gasteiger partial charge in [-0.3, -0.25) is 9.89 Å². The lowest BCUT2D eigenvalue weighted by Crippen LogP contribution is -2.40. The molecule has 2 aliphatic rings. The largest absolute Gasteiger partial charge is 0.497 e. The highest BCUT2D eigenvalue weighted by Gasteiger charge is 2.48. The number of carbonyl (C=O) groups is 1. The number of ketones is 1. The second-order valence-electron chi connectivity index (χ2n) is 10.2. The number of halogens is 2. The number of aromatic amines is 1. The second kappa shape index (κ2) is 10.3. The summed E-state index contributed by atoms with van der Waals surface area (Å²) < 4.78 is 66.5. The van der Waals surface area contributed by atoms with E-state index in [4.69, 9.17) is 9.47 Å². The first-order valence-electron chi connectivity index (χ1n) is 12.6. The van der Waals surface area contributed by atoms with Crippen LogP contribution in [0.15, 0.2) is 41.3 Å². The van der Waals surface area contributed by atoms with Crippen molar-refractivity contribution in [1.82, 2.24) is 14.5 Å². The van der Waals surface area contributed by atoms with Gasteiger partial charge in [0, 0.05) is 60.4 Å². The van der Waals surface area contributed by atoms with E-state index in [2.05, 4.69) is 15.5 Å². The second-order valence-corrected chi connectivity index (χ2v) is 12.1. The summed E-state index contributed by atoms with van der Waals surface area (Å²) in [6.07, 6.45) is 1.58. The topological polar surface area (TPSA) is 114 Å². The van der Waals surface area contributed by atoms with Crippen LogP contribution in [0.25, 0.3) is 0 Å². The van der Waals surface area contributed by atoms with Crippen molar-refractivity contribution in [2.75, 3.05) is 25.6 Å². The molecule has 0 atom stereocenters. The molecule has 0 aliphatic carbocycles. The SMILES string of the molecule is COc1ccc(C(=O)Cc2[nH]nc3c2CN(S(=O)(=O)c2cc(F)cc(F)c2)C3(C)C)c(NC2CCOCC2)c1. The van der Waals surface area contributed by atoms with Gasteiger partial charge in [0.25, 0.3) is 0 Å². The minimum absolute atomic E-state index is 0.0460. The summed E-state index contributed by atoms with van der Waals surface area (Å²) in [6.45, 7) is 4.51. The van der Waals surface area contributed by atoms with E-state index in [1.807, 2.05) is 0 Å². The molecule has 1 fully saturated rings. The van der Waals surface area contributed by atoms with Gasteiger partial charge in [-0.25, -0.2) is 17.2 Å². The molecule has 5 rings (SSSR count). The molecule has 3 heterocycles. The average Bonchev–Trinajstić information content (AvgIpc) is 3.42. The number of fused-ring (bicyclic) bond motifs is 1. The minimum atomic E-state index is -4.28. The van der Waals surface area contributed by atoms with Gasteiger partial charge in [0.15, 0.2) is 5.78 Å². The number of benzene rings is 2. The zero-order valence-corrected chi connectivity index (χ0v) is 22.7. The smallest absolute Gasteiger partial charge is 0.244 e. The van der Waals surface area contributed by atoms with Crippen molar-refractivity contribution in [1.29, 1.82) is 0 Å². The molecule has 208 valence electrons. The third-order valence-electron chi connectivity index (χ3n) is 7.33. The molecule has 2 N–H and O–H groups in total. The Bertz CT molecular complexity index is 1500. The maximum absolute atomic E-state index is 13.8. The number of hydrogen-bond donors (Lipinski definition) is 2. The molecule has 0 spiro atoms. The molecule has 2 aliphatic heterocycles. The van der Waals surface area contributed by atoms with E-state index in [-0.39, 0.29) is 24.8 Å². The van der Waals surface area contributed by atoms with Crippen molar-refractivity contribution in [2.24, 2.45) is 0 Å². The predicted octanol–water partition coefficient (Wildman–Crippen LogP) is 4.15. The van der Waals surface area contributed by atoms with E-state index in [1.54, 1.807) is 39.2 Å². The number of anilines is 1. The van der Waals surface area contributed by atoms with Crippen molar-refractivity contribution in [3.63, 3.8) is 0 Å². The Hall–Kier alpha value is -3.35. The van der Waals surface area contributed by atoms with Crippen molar-refractivity contribution in [3.8, 4) is 5.75 Å². The number of ether oxygens (including phenoxy) is 2. The van der Waals surface area contributed by atoms with Crippen molar-refractivity contribution in [2.45, 2.75) is 56.1 Å². The van der Waals surface area contributed by atoms with Crippen LogP contribution in [0.1, 0.15) is 54.0 Å². The van der Waals surface area contributed by atoms with Crippen molar-refractivity contribution < 1.29 is 31.5 Å². The zero-order valence-electron chi connectivity index (χ0n) is 21.9. The van der Waals surface area contributed by atoms with Crippen LogP contribution >= 0.6 is 0 Å². The summed E-state index contributed by atoms with van der Waals surface area (Å²) in [5, 5.41) is 10.7. The fraction of sp³-hybridized carbons (Fsp3) is 0.407. The van der Waals surface area contributed by atoms with Crippen molar-refractivity contribution >= 4 is 21.5 Å². The number of nitrogens with zero attached hydrogens (tertiary/aromatic N) is 2. The first kappa shape index (κ1) is 27.2. The van der Waals surface area contributed by atoms with E-state index >= 15 is 0 Å². The monoisotopic (exact) mass is 560 g/mol. The Balaban J connectivity index is 1.42. The summed E-state index contributed by atoms with van der Waals surface area (Å²) in [7, 11) is -2.72. The van der Waals surface area contributed by atoms with Gasteiger partial charge < -0.3 is 14.8 Å². The molecule has 0 radical (unpaired) electrons. The van der Waals surface area contributed by atoms with E-state index < -0.39 is 32.1 Å². The summed E-state index contributed by atoms with van der Waals surface area (Å²) in [4.78, 5) is 13.1. The third-order valence-corrected chi connectivity index (χ3v) is 9.32. The highest BCUT2D eigenvalue weighted by atomic mass is 32.2. The molecule has 1 saturated heterocycles. The van der Waals surface area contributed by atoms with Crippen LogP contribution in [-0.4, -0.2) is 55.1 Å². The summed E-state index contributed by atoms with van der Waals surface area (Å²) >= 11 is 0. The number of Topliss-reactive ketones (excluding diaryl/α,β-unsaturated/α-hetero) is 1. The Morgan fingerprint density at radius 3 is 2.54 bits per heavy atom. The Morgan fingerprint density at radius 2 is 1.87 bits per heavy atom. The molecule has 0 unspecified atom stereocenters. The van der Waals surface area contributed by atoms with E-state index in [0.717, 1.165) is 29.3 Å². The Morgan fingerprint density at radius 1 is 1.18 bits per heavy atom. The van der Waals surface area contributed by atoms with Gasteiger partial charge in [-0.1, -0.05) is 0 Å². The van der Waals surface area contributed by atoms with Gasteiger partial charge in [0.1, 0.15) is 17.4 Å². The standard InChI is InChI=1S/C27H30F2N4O5S/c1-27(2)26-22(15-33(27)39(35,36)20-11-16(28)10-17(29)12-20)24(31-32-26)14-25(34)21-5-4-19(37-3)13-23(21)30-18-6-8-38-9-7-18/h4-5,10-13,18,30H,6-9,14-15H2,1-3H3,(H,31,32). The quantitative estimate of drug-likeness (QED) is 0.398. The lowest BCUT2D eigenvalue weighted by Gasteiger charge is -2.30. The van der Waals surface area contributed by atoms with Crippen LogP contribution in [0.4, 0.5) is 14.5 Å². The molecule has 12 heteroatoms. The number of aromatic nitrogens is 2. The zero-order chi connectivity index (χ0) is 27.9. The molecule has 0 saturated carbocycles. The van der Waals surface area contributed by atoms with Crippen LogP contribution in [0, 0.1) is 11.6 Å². The van der Waals surface area contributed by atoms with Gasteiger partial charge in [0.05, 0.1) is 29.7 Å². The summed E-state index contributed by atoms with van der Waals surface area (Å²) in [5.41, 5.74) is 1.52. The number of carbonyl (C=O) groups excluding carboxylic acids is 1. The normalized spacial score (nSPS) is 17.7. The number of sulfonamides is 1. The summed E-state index contributed by atoms with van der Waals surface area (Å²) in [5.74, 6) is -1.55. The predicted molar refractivity (Wildman–Crippen MR) is 139 cm³/mol. The highest BCUT2D eigenvalue weighted by molar-refractivity contribution is 7.89. The molecule has 1 aromatic heterocycles. The molecular formula is C27H30F2N4O5S. The van der Waals surface area contributed by atoms with E-state index in [9.17, 15) is 22.0 Å². The lowest BCUT2D eigenvalue weighted by atomic mass is 9.98. The van der Waals surface area contributed by atoms with Gasteiger partial charge in [-0.2, -0.15) is 9.40 Å². The van der Waals surface area contributed by atoms with Gasteiger partial charge in [-0.05, 0) is 51.0 Å². The number of hydrogen-bond acceptors (Lipinski definition) is 7. The highest BCUT2D eigenvalue weighted by Crippen LogP contribution is 2.43.